The third-order valence-corrected chi connectivity index (χ3v) is 1.83. The van der Waals surface area contributed by atoms with Crippen LogP contribution >= 0.6 is 11.6 Å². The van der Waals surface area contributed by atoms with Crippen LogP contribution in [0.4, 0.5) is 0 Å². The third-order valence-electron chi connectivity index (χ3n) is 1.68. The first-order chi connectivity index (χ1) is 5.41. The van der Waals surface area contributed by atoms with Gasteiger partial charge in [0, 0.05) is 0 Å². The van der Waals surface area contributed by atoms with Crippen LogP contribution in [0.5, 0.6) is 0 Å². The first kappa shape index (κ1) is 11.0. The molecule has 0 aromatic rings. The molecule has 0 heterocycles. The molecule has 0 aliphatic heterocycles. The normalized spacial score (nSPS) is 11.1. The standard InChI is InChI=1S/C10H18Cl/c1-2-3-4-5-6-7-8-9-10-11/h8-10H,2-7H2,1H3. The number of rotatable bonds is 7. The van der Waals surface area contributed by atoms with Crippen LogP contribution < -0.4 is 0 Å². The monoisotopic (exact) mass is 173 g/mol. The van der Waals surface area contributed by atoms with E-state index in [0.29, 0.717) is 0 Å². The fourth-order valence-electron chi connectivity index (χ4n) is 1.01. The molecule has 0 fully saturated rings. The van der Waals surface area contributed by atoms with Gasteiger partial charge in [-0.3, -0.25) is 0 Å². The molecule has 1 heteroatoms. The molecule has 0 aliphatic carbocycles. The molecule has 0 aromatic carbocycles. The molecule has 0 nitrogen and oxygen atoms in total. The lowest BCUT2D eigenvalue weighted by molar-refractivity contribution is 0.637. The van der Waals surface area contributed by atoms with Crippen molar-refractivity contribution in [3.63, 3.8) is 0 Å². The summed E-state index contributed by atoms with van der Waals surface area (Å²) >= 11 is 5.35. The second-order valence-electron chi connectivity index (χ2n) is 2.76. The molecule has 0 bridgehead atoms. The Labute approximate surface area is 75.6 Å². The van der Waals surface area contributed by atoms with Crippen molar-refractivity contribution in [1.29, 1.82) is 0 Å². The Morgan fingerprint density at radius 1 is 1.09 bits per heavy atom. The summed E-state index contributed by atoms with van der Waals surface area (Å²) in [6.07, 6.45) is 12.0. The molecule has 0 saturated carbocycles. The summed E-state index contributed by atoms with van der Waals surface area (Å²) in [5.41, 5.74) is 0. The van der Waals surface area contributed by atoms with E-state index in [2.05, 4.69) is 13.0 Å². The molecule has 0 aliphatic rings. The van der Waals surface area contributed by atoms with Gasteiger partial charge in [-0.1, -0.05) is 44.8 Å². The molecule has 0 rings (SSSR count). The van der Waals surface area contributed by atoms with Crippen LogP contribution in [0.2, 0.25) is 0 Å². The fourth-order valence-corrected chi connectivity index (χ4v) is 1.12. The average molecular weight is 174 g/mol. The van der Waals surface area contributed by atoms with Crippen molar-refractivity contribution in [2.75, 3.05) is 0 Å². The largest absolute Gasteiger partial charge is 0.117 e. The molecule has 0 saturated heterocycles. The van der Waals surface area contributed by atoms with Crippen molar-refractivity contribution < 1.29 is 0 Å². The summed E-state index contributed by atoms with van der Waals surface area (Å²) in [5.74, 6) is 1.56. The lowest BCUT2D eigenvalue weighted by Gasteiger charge is -1.95. The zero-order valence-corrected chi connectivity index (χ0v) is 8.11. The van der Waals surface area contributed by atoms with Gasteiger partial charge in [-0.15, -0.1) is 11.6 Å². The molecular formula is C10H18Cl. The molecule has 1 radical (unpaired) electrons. The van der Waals surface area contributed by atoms with Crippen LogP contribution in [0.15, 0.2) is 12.2 Å². The second kappa shape index (κ2) is 10.0. The summed E-state index contributed by atoms with van der Waals surface area (Å²) in [4.78, 5) is 0. The molecule has 0 unspecified atom stereocenters. The van der Waals surface area contributed by atoms with Gasteiger partial charge >= 0.3 is 0 Å². The van der Waals surface area contributed by atoms with E-state index in [1.807, 2.05) is 6.08 Å². The van der Waals surface area contributed by atoms with Gasteiger partial charge < -0.3 is 0 Å². The minimum absolute atomic E-state index is 1.17. The smallest absolute Gasteiger partial charge is 0.0715 e. The van der Waals surface area contributed by atoms with E-state index in [1.54, 1.807) is 5.88 Å². The van der Waals surface area contributed by atoms with Crippen LogP contribution in [0.1, 0.15) is 45.4 Å². The van der Waals surface area contributed by atoms with Gasteiger partial charge in [0.2, 0.25) is 0 Å². The number of hydrogen-bond acceptors (Lipinski definition) is 0. The highest BCUT2D eigenvalue weighted by atomic mass is 35.5. The third kappa shape index (κ3) is 10.0. The van der Waals surface area contributed by atoms with E-state index < -0.39 is 0 Å². The Morgan fingerprint density at radius 3 is 2.45 bits per heavy atom. The van der Waals surface area contributed by atoms with Crippen molar-refractivity contribution in [2.24, 2.45) is 0 Å². The quantitative estimate of drug-likeness (QED) is 0.504. The van der Waals surface area contributed by atoms with Gasteiger partial charge in [-0.2, -0.15) is 0 Å². The van der Waals surface area contributed by atoms with E-state index in [0.717, 1.165) is 0 Å². The predicted octanol–water partition coefficient (Wildman–Crippen LogP) is 4.30. The minimum Gasteiger partial charge on any atom is -0.117 e. The highest BCUT2D eigenvalue weighted by molar-refractivity contribution is 6.24. The lowest BCUT2D eigenvalue weighted by Crippen LogP contribution is -1.75. The summed E-state index contributed by atoms with van der Waals surface area (Å²) in [6.45, 7) is 2.24. The SMILES string of the molecule is CCCCCCCC=C[CH]Cl. The van der Waals surface area contributed by atoms with Crippen LogP contribution in [-0.4, -0.2) is 0 Å². The average Bonchev–Trinajstić information content (AvgIpc) is 2.03. The first-order valence-corrected chi connectivity index (χ1v) is 4.94. The molecule has 65 valence electrons. The maximum absolute atomic E-state index is 5.35. The van der Waals surface area contributed by atoms with Crippen LogP contribution in [0.25, 0.3) is 0 Å². The zero-order chi connectivity index (χ0) is 8.36. The van der Waals surface area contributed by atoms with Gasteiger partial charge in [-0.05, 0) is 12.8 Å². The van der Waals surface area contributed by atoms with Crippen LogP contribution in [0.3, 0.4) is 0 Å². The topological polar surface area (TPSA) is 0 Å². The Morgan fingerprint density at radius 2 is 1.82 bits per heavy atom. The van der Waals surface area contributed by atoms with E-state index in [4.69, 9.17) is 11.6 Å². The van der Waals surface area contributed by atoms with Crippen molar-refractivity contribution in [2.45, 2.75) is 45.4 Å². The summed E-state index contributed by atoms with van der Waals surface area (Å²) in [5, 5.41) is 0. The minimum atomic E-state index is 1.17. The number of unbranched alkanes of at least 4 members (excludes halogenated alkanes) is 5. The molecule has 11 heavy (non-hydrogen) atoms. The van der Waals surface area contributed by atoms with Gasteiger partial charge in [0.05, 0.1) is 5.88 Å². The lowest BCUT2D eigenvalue weighted by atomic mass is 10.1. The van der Waals surface area contributed by atoms with Gasteiger partial charge in [0.25, 0.3) is 0 Å². The Hall–Kier alpha value is 0.0300. The predicted molar refractivity (Wildman–Crippen MR) is 52.7 cm³/mol. The molecule has 0 N–H and O–H groups in total. The van der Waals surface area contributed by atoms with Gasteiger partial charge in [-0.25, -0.2) is 0 Å². The molecule has 0 atom stereocenters. The molecule has 0 spiro atoms. The molecule has 0 amide bonds. The van der Waals surface area contributed by atoms with Crippen molar-refractivity contribution in [1.82, 2.24) is 0 Å². The van der Waals surface area contributed by atoms with Gasteiger partial charge in [0.1, 0.15) is 0 Å². The number of allylic oxidation sites excluding steroid dienone is 2. The molecule has 0 aromatic heterocycles. The number of hydrogen-bond donors (Lipinski definition) is 0. The van der Waals surface area contributed by atoms with Crippen LogP contribution in [0, 0.1) is 5.88 Å². The summed E-state index contributed by atoms with van der Waals surface area (Å²) in [7, 11) is 0. The van der Waals surface area contributed by atoms with Crippen LogP contribution in [-0.2, 0) is 0 Å². The summed E-state index contributed by atoms with van der Waals surface area (Å²) < 4.78 is 0. The second-order valence-corrected chi connectivity index (χ2v) is 3.01. The maximum Gasteiger partial charge on any atom is 0.0715 e. The summed E-state index contributed by atoms with van der Waals surface area (Å²) in [6, 6.07) is 0. The van der Waals surface area contributed by atoms with Gasteiger partial charge in [0.15, 0.2) is 0 Å². The fraction of sp³-hybridized carbons (Fsp3) is 0.700. The van der Waals surface area contributed by atoms with E-state index in [1.165, 1.54) is 38.5 Å². The maximum atomic E-state index is 5.35. The Balaban J connectivity index is 2.85. The van der Waals surface area contributed by atoms with E-state index in [-0.39, 0.29) is 0 Å². The first-order valence-electron chi connectivity index (χ1n) is 4.50. The van der Waals surface area contributed by atoms with Crippen molar-refractivity contribution in [3.8, 4) is 0 Å². The van der Waals surface area contributed by atoms with E-state index in [9.17, 15) is 0 Å². The van der Waals surface area contributed by atoms with Crippen molar-refractivity contribution in [3.05, 3.63) is 18.0 Å². The highest BCUT2D eigenvalue weighted by Crippen LogP contribution is 2.05. The molecular weight excluding hydrogens is 156 g/mol. The van der Waals surface area contributed by atoms with E-state index >= 15 is 0 Å². The zero-order valence-electron chi connectivity index (χ0n) is 7.35. The van der Waals surface area contributed by atoms with Crippen molar-refractivity contribution >= 4 is 11.6 Å². The highest BCUT2D eigenvalue weighted by Gasteiger charge is 1.85. The Kier molecular flexibility index (Phi) is 10.1. The Bertz CT molecular complexity index is 86.9. The number of halogens is 1.